The molecule has 1 amide bonds. The van der Waals surface area contributed by atoms with E-state index in [1.165, 1.54) is 19.2 Å². The van der Waals surface area contributed by atoms with Crippen LogP contribution in [-0.4, -0.2) is 25.6 Å². The van der Waals surface area contributed by atoms with Gasteiger partial charge in [0.15, 0.2) is 5.75 Å². The van der Waals surface area contributed by atoms with Gasteiger partial charge in [0.1, 0.15) is 17.9 Å². The third-order valence-corrected chi connectivity index (χ3v) is 3.05. The lowest BCUT2D eigenvalue weighted by molar-refractivity contribution is -0.123. The van der Waals surface area contributed by atoms with E-state index in [2.05, 4.69) is 11.2 Å². The number of benzene rings is 1. The van der Waals surface area contributed by atoms with Crippen LogP contribution in [0.4, 0.5) is 5.69 Å². The average molecular weight is 324 g/mol. The summed E-state index contributed by atoms with van der Waals surface area (Å²) in [6, 6.07) is 2.93. The van der Waals surface area contributed by atoms with Gasteiger partial charge in [0.05, 0.1) is 12.1 Å². The highest BCUT2D eigenvalue weighted by Gasteiger charge is 2.26. The summed E-state index contributed by atoms with van der Waals surface area (Å²) >= 11 is 6.12. The van der Waals surface area contributed by atoms with Gasteiger partial charge in [-0.15, -0.1) is 6.42 Å². The maximum atomic E-state index is 12.2. The Balaban J connectivity index is 3.37. The Morgan fingerprint density at radius 2 is 2.00 bits per heavy atom. The van der Waals surface area contributed by atoms with Crippen LogP contribution < -0.4 is 10.1 Å². The molecular weight excluding hydrogens is 306 g/mol. The molecule has 0 radical (unpaired) electrons. The molecule has 1 aromatic carbocycles. The standard InChI is InChI=1S/C16H18ClNO4/c1-6-9-22-13-10(14(19)21-5)7-8-11(17)12(13)18-15(20)16(2,3)4/h1,7-8H,9H2,2-5H3,(H,18,20). The van der Waals surface area contributed by atoms with Gasteiger partial charge in [-0.3, -0.25) is 4.79 Å². The van der Waals surface area contributed by atoms with Crippen LogP contribution in [0.15, 0.2) is 12.1 Å². The lowest BCUT2D eigenvalue weighted by Crippen LogP contribution is -2.28. The van der Waals surface area contributed by atoms with Crippen LogP contribution in [0.2, 0.25) is 5.02 Å². The highest BCUT2D eigenvalue weighted by molar-refractivity contribution is 6.34. The summed E-state index contributed by atoms with van der Waals surface area (Å²) in [5.74, 6) is 1.50. The number of ether oxygens (including phenoxy) is 2. The lowest BCUT2D eigenvalue weighted by Gasteiger charge is -2.21. The number of amides is 1. The van der Waals surface area contributed by atoms with Crippen molar-refractivity contribution in [2.75, 3.05) is 19.0 Å². The van der Waals surface area contributed by atoms with Crippen molar-refractivity contribution in [3.05, 3.63) is 22.7 Å². The molecule has 0 aliphatic rings. The maximum Gasteiger partial charge on any atom is 0.341 e. The molecule has 118 valence electrons. The van der Waals surface area contributed by atoms with Gasteiger partial charge in [-0.2, -0.15) is 0 Å². The number of halogens is 1. The number of hydrogen-bond acceptors (Lipinski definition) is 4. The predicted molar refractivity (Wildman–Crippen MR) is 85.2 cm³/mol. The van der Waals surface area contributed by atoms with Crippen molar-refractivity contribution in [2.24, 2.45) is 5.41 Å². The number of terminal acetylenes is 1. The van der Waals surface area contributed by atoms with Gasteiger partial charge in [0.2, 0.25) is 5.91 Å². The summed E-state index contributed by atoms with van der Waals surface area (Å²) in [6.45, 7) is 5.18. The number of hydrogen-bond donors (Lipinski definition) is 1. The first-order valence-corrected chi connectivity index (χ1v) is 6.88. The fraction of sp³-hybridized carbons (Fsp3) is 0.375. The maximum absolute atomic E-state index is 12.2. The second kappa shape index (κ2) is 7.19. The van der Waals surface area contributed by atoms with E-state index in [0.29, 0.717) is 0 Å². The first kappa shape index (κ1) is 17.9. The van der Waals surface area contributed by atoms with Crippen molar-refractivity contribution in [3.63, 3.8) is 0 Å². The van der Waals surface area contributed by atoms with Crippen molar-refractivity contribution >= 4 is 29.2 Å². The van der Waals surface area contributed by atoms with E-state index in [0.717, 1.165) is 0 Å². The molecular formula is C16H18ClNO4. The molecule has 0 saturated heterocycles. The lowest BCUT2D eigenvalue weighted by atomic mass is 9.95. The first-order chi connectivity index (χ1) is 10.2. The predicted octanol–water partition coefficient (Wildman–Crippen LogP) is 3.12. The van der Waals surface area contributed by atoms with Crippen LogP contribution in [0.1, 0.15) is 31.1 Å². The van der Waals surface area contributed by atoms with Crippen LogP contribution in [0.3, 0.4) is 0 Å². The van der Waals surface area contributed by atoms with E-state index in [1.807, 2.05) is 0 Å². The third kappa shape index (κ3) is 4.15. The summed E-state index contributed by atoms with van der Waals surface area (Å²) in [5.41, 5.74) is -0.320. The summed E-state index contributed by atoms with van der Waals surface area (Å²) in [5, 5.41) is 2.91. The third-order valence-electron chi connectivity index (χ3n) is 2.73. The second-order valence-electron chi connectivity index (χ2n) is 5.49. The number of carbonyl (C=O) groups excluding carboxylic acids is 2. The van der Waals surface area contributed by atoms with Crippen molar-refractivity contribution in [2.45, 2.75) is 20.8 Å². The van der Waals surface area contributed by atoms with Crippen molar-refractivity contribution in [3.8, 4) is 18.1 Å². The number of nitrogens with one attached hydrogen (secondary N) is 1. The van der Waals surface area contributed by atoms with Crippen LogP contribution >= 0.6 is 11.6 Å². The first-order valence-electron chi connectivity index (χ1n) is 6.51. The topological polar surface area (TPSA) is 64.6 Å². The molecule has 1 N–H and O–H groups in total. The SMILES string of the molecule is C#CCOc1c(C(=O)OC)ccc(Cl)c1NC(=O)C(C)(C)C. The Morgan fingerprint density at radius 3 is 2.50 bits per heavy atom. The molecule has 0 atom stereocenters. The zero-order valence-corrected chi connectivity index (χ0v) is 13.7. The van der Waals surface area contributed by atoms with Crippen LogP contribution in [0, 0.1) is 17.8 Å². The summed E-state index contributed by atoms with van der Waals surface area (Å²) in [6.07, 6.45) is 5.18. The van der Waals surface area contributed by atoms with Gasteiger partial charge in [0.25, 0.3) is 0 Å². The van der Waals surface area contributed by atoms with Crippen LogP contribution in [0.5, 0.6) is 5.75 Å². The van der Waals surface area contributed by atoms with Crippen molar-refractivity contribution in [1.82, 2.24) is 0 Å². The molecule has 0 saturated carbocycles. The Bertz CT molecular complexity index is 626. The Labute approximate surface area is 134 Å². The largest absolute Gasteiger partial charge is 0.478 e. The molecule has 0 fully saturated rings. The molecule has 0 aromatic heterocycles. The number of rotatable bonds is 4. The van der Waals surface area contributed by atoms with E-state index >= 15 is 0 Å². The molecule has 0 bridgehead atoms. The number of esters is 1. The number of carbonyl (C=O) groups is 2. The summed E-state index contributed by atoms with van der Waals surface area (Å²) < 4.78 is 10.1. The van der Waals surface area contributed by atoms with Gasteiger partial charge in [-0.25, -0.2) is 4.79 Å². The van der Waals surface area contributed by atoms with Crippen molar-refractivity contribution < 1.29 is 19.1 Å². The molecule has 0 unspecified atom stereocenters. The zero-order chi connectivity index (χ0) is 16.9. The monoisotopic (exact) mass is 323 g/mol. The molecule has 0 spiro atoms. The minimum absolute atomic E-state index is 0.0806. The minimum atomic E-state index is -0.645. The molecule has 0 aliphatic carbocycles. The van der Waals surface area contributed by atoms with Gasteiger partial charge >= 0.3 is 5.97 Å². The van der Waals surface area contributed by atoms with E-state index in [-0.39, 0.29) is 34.5 Å². The molecule has 0 heterocycles. The number of anilines is 1. The van der Waals surface area contributed by atoms with Gasteiger partial charge in [0, 0.05) is 5.41 Å². The zero-order valence-electron chi connectivity index (χ0n) is 13.0. The van der Waals surface area contributed by atoms with Crippen LogP contribution in [-0.2, 0) is 9.53 Å². The van der Waals surface area contributed by atoms with Crippen LogP contribution in [0.25, 0.3) is 0 Å². The highest BCUT2D eigenvalue weighted by atomic mass is 35.5. The molecule has 1 aromatic rings. The highest BCUT2D eigenvalue weighted by Crippen LogP contribution is 2.37. The normalized spacial score (nSPS) is 10.5. The Kier molecular flexibility index (Phi) is 5.84. The summed E-state index contributed by atoms with van der Waals surface area (Å²) in [4.78, 5) is 24.0. The molecule has 1 rings (SSSR count). The van der Waals surface area contributed by atoms with Crippen molar-refractivity contribution in [1.29, 1.82) is 0 Å². The smallest absolute Gasteiger partial charge is 0.341 e. The minimum Gasteiger partial charge on any atom is -0.478 e. The Morgan fingerprint density at radius 1 is 1.36 bits per heavy atom. The van der Waals surface area contributed by atoms with E-state index in [4.69, 9.17) is 27.5 Å². The van der Waals surface area contributed by atoms with Gasteiger partial charge in [-0.05, 0) is 12.1 Å². The second-order valence-corrected chi connectivity index (χ2v) is 5.89. The van der Waals surface area contributed by atoms with E-state index < -0.39 is 11.4 Å². The molecule has 5 nitrogen and oxygen atoms in total. The van der Waals surface area contributed by atoms with E-state index in [9.17, 15) is 9.59 Å². The summed E-state index contributed by atoms with van der Waals surface area (Å²) in [7, 11) is 1.25. The average Bonchev–Trinajstić information content (AvgIpc) is 2.45. The van der Waals surface area contributed by atoms with Gasteiger partial charge in [-0.1, -0.05) is 38.3 Å². The Hall–Kier alpha value is -2.19. The quantitative estimate of drug-likeness (QED) is 0.683. The van der Waals surface area contributed by atoms with Gasteiger partial charge < -0.3 is 14.8 Å². The fourth-order valence-electron chi connectivity index (χ4n) is 1.51. The molecule has 0 aliphatic heterocycles. The molecule has 22 heavy (non-hydrogen) atoms. The number of methoxy groups -OCH3 is 1. The fourth-order valence-corrected chi connectivity index (χ4v) is 1.71. The van der Waals surface area contributed by atoms with E-state index in [1.54, 1.807) is 20.8 Å². The molecule has 6 heteroatoms.